The van der Waals surface area contributed by atoms with Gasteiger partial charge in [-0.3, -0.25) is 0 Å². The van der Waals surface area contributed by atoms with Crippen molar-refractivity contribution < 1.29 is 8.83 Å². The van der Waals surface area contributed by atoms with E-state index in [1.54, 1.807) is 0 Å². The van der Waals surface area contributed by atoms with Gasteiger partial charge >= 0.3 is 0 Å². The Bertz CT molecular complexity index is 3910. The Morgan fingerprint density at radius 3 is 1.58 bits per heavy atom. The molecule has 3 aromatic heterocycles. The van der Waals surface area contributed by atoms with Crippen LogP contribution in [-0.2, 0) is 0 Å². The highest BCUT2D eigenvalue weighted by molar-refractivity contribution is 6.20. The third-order valence-electron chi connectivity index (χ3n) is 12.1. The highest BCUT2D eigenvalue weighted by Gasteiger charge is 2.19. The highest BCUT2D eigenvalue weighted by atomic mass is 16.3. The van der Waals surface area contributed by atoms with Crippen LogP contribution in [0.25, 0.3) is 132 Å². The topological polar surface area (TPSA) is 65.0 Å². The molecule has 13 aromatic rings. The molecule has 0 aliphatic heterocycles. The molecule has 10 aromatic carbocycles. The third-order valence-corrected chi connectivity index (χ3v) is 12.1. The molecule has 3 heterocycles. The molecule has 278 valence electrons. The summed E-state index contributed by atoms with van der Waals surface area (Å²) < 4.78 is 12.6. The molecular formula is C55H31N3O2. The number of rotatable bonds is 4. The van der Waals surface area contributed by atoms with Gasteiger partial charge in [0.2, 0.25) is 0 Å². The maximum atomic E-state index is 6.31. The first-order valence-corrected chi connectivity index (χ1v) is 20.2. The van der Waals surface area contributed by atoms with Crippen LogP contribution in [0, 0.1) is 0 Å². The first kappa shape index (κ1) is 32.9. The van der Waals surface area contributed by atoms with E-state index in [-0.39, 0.29) is 0 Å². The minimum atomic E-state index is 0.600. The molecule has 0 amide bonds. The summed E-state index contributed by atoms with van der Waals surface area (Å²) in [5, 5.41) is 13.5. The lowest BCUT2D eigenvalue weighted by atomic mass is 9.93. The van der Waals surface area contributed by atoms with Crippen LogP contribution in [0.4, 0.5) is 0 Å². The van der Waals surface area contributed by atoms with Crippen LogP contribution in [0.2, 0.25) is 0 Å². The molecule has 0 N–H and O–H groups in total. The first-order chi connectivity index (χ1) is 29.7. The Kier molecular flexibility index (Phi) is 6.95. The fourth-order valence-corrected chi connectivity index (χ4v) is 9.33. The average molecular weight is 766 g/mol. The lowest BCUT2D eigenvalue weighted by molar-refractivity contribution is 0.668. The van der Waals surface area contributed by atoms with Crippen molar-refractivity contribution in [2.45, 2.75) is 0 Å². The molecule has 5 heteroatoms. The van der Waals surface area contributed by atoms with E-state index in [1.165, 1.54) is 16.2 Å². The zero-order chi connectivity index (χ0) is 39.3. The summed E-state index contributed by atoms with van der Waals surface area (Å²) in [5.41, 5.74) is 8.46. The van der Waals surface area contributed by atoms with Crippen LogP contribution in [0.1, 0.15) is 0 Å². The quantitative estimate of drug-likeness (QED) is 0.167. The van der Waals surface area contributed by atoms with Crippen LogP contribution >= 0.6 is 0 Å². The van der Waals surface area contributed by atoms with Gasteiger partial charge in [-0.2, -0.15) is 0 Å². The van der Waals surface area contributed by atoms with E-state index in [2.05, 4.69) is 158 Å². The van der Waals surface area contributed by atoms with E-state index < -0.39 is 0 Å². The number of benzene rings is 10. The summed E-state index contributed by atoms with van der Waals surface area (Å²) >= 11 is 0. The van der Waals surface area contributed by atoms with E-state index >= 15 is 0 Å². The monoisotopic (exact) mass is 765 g/mol. The summed E-state index contributed by atoms with van der Waals surface area (Å²) in [6.45, 7) is 0. The smallest absolute Gasteiger partial charge is 0.164 e. The van der Waals surface area contributed by atoms with Gasteiger partial charge in [0.1, 0.15) is 22.3 Å². The fourth-order valence-electron chi connectivity index (χ4n) is 9.33. The summed E-state index contributed by atoms with van der Waals surface area (Å²) in [6, 6.07) is 65.7. The van der Waals surface area contributed by atoms with Crippen molar-refractivity contribution in [1.29, 1.82) is 0 Å². The van der Waals surface area contributed by atoms with Gasteiger partial charge in [0.25, 0.3) is 0 Å². The molecular weight excluding hydrogens is 735 g/mol. The number of hydrogen-bond acceptors (Lipinski definition) is 5. The van der Waals surface area contributed by atoms with Crippen molar-refractivity contribution in [2.24, 2.45) is 0 Å². The first-order valence-electron chi connectivity index (χ1n) is 20.2. The molecule has 0 aliphatic carbocycles. The predicted octanol–water partition coefficient (Wildman–Crippen LogP) is 15.0. The lowest BCUT2D eigenvalue weighted by Crippen LogP contribution is -2.01. The van der Waals surface area contributed by atoms with Crippen molar-refractivity contribution in [3.63, 3.8) is 0 Å². The van der Waals surface area contributed by atoms with Crippen LogP contribution in [0.5, 0.6) is 0 Å². The number of aromatic nitrogens is 3. The van der Waals surface area contributed by atoms with Crippen LogP contribution in [0.3, 0.4) is 0 Å². The van der Waals surface area contributed by atoms with E-state index in [9.17, 15) is 0 Å². The molecule has 5 nitrogen and oxygen atoms in total. The fraction of sp³-hybridized carbons (Fsp3) is 0. The van der Waals surface area contributed by atoms with Gasteiger partial charge in [0.05, 0.1) is 0 Å². The molecule has 0 aliphatic rings. The standard InChI is InChI=1S/C55H31N3O2/c1-2-11-37-32(10-1)22-24-34-30-35(26-28-38(34)37)53-56-54(36-25-23-33-27-29-50-52(46(33)31-36)45-13-4-6-20-48(45)60-50)58-55(57-53)43-18-8-14-39-40(15-7-16-41(39)43)42-17-9-21-49-51(42)44-12-3-5-19-47(44)59-49/h1-31H. The summed E-state index contributed by atoms with van der Waals surface area (Å²) in [5.74, 6) is 1.82. The second kappa shape index (κ2) is 12.7. The summed E-state index contributed by atoms with van der Waals surface area (Å²) in [6.07, 6.45) is 0. The van der Waals surface area contributed by atoms with Crippen molar-refractivity contribution in [3.8, 4) is 45.3 Å². The Balaban J connectivity index is 1.05. The molecule has 0 spiro atoms. The zero-order valence-electron chi connectivity index (χ0n) is 32.1. The van der Waals surface area contributed by atoms with E-state index in [1.807, 2.05) is 30.3 Å². The minimum absolute atomic E-state index is 0.600. The summed E-state index contributed by atoms with van der Waals surface area (Å²) in [7, 11) is 0. The Morgan fingerprint density at radius 1 is 0.267 bits per heavy atom. The number of para-hydroxylation sites is 2. The molecule has 60 heavy (non-hydrogen) atoms. The van der Waals surface area contributed by atoms with Crippen LogP contribution < -0.4 is 0 Å². The van der Waals surface area contributed by atoms with Crippen molar-refractivity contribution >= 4 is 87.0 Å². The number of furan rings is 2. The van der Waals surface area contributed by atoms with E-state index in [0.29, 0.717) is 17.5 Å². The minimum Gasteiger partial charge on any atom is -0.456 e. The molecule has 0 atom stereocenters. The second-order valence-electron chi connectivity index (χ2n) is 15.5. The maximum Gasteiger partial charge on any atom is 0.164 e. The zero-order valence-corrected chi connectivity index (χ0v) is 32.1. The lowest BCUT2D eigenvalue weighted by Gasteiger charge is -2.13. The maximum absolute atomic E-state index is 6.31. The molecule has 0 fully saturated rings. The molecule has 0 radical (unpaired) electrons. The predicted molar refractivity (Wildman–Crippen MR) is 246 cm³/mol. The number of fused-ring (bicyclic) bond motifs is 12. The van der Waals surface area contributed by atoms with Gasteiger partial charge in [-0.05, 0) is 90.6 Å². The van der Waals surface area contributed by atoms with Crippen LogP contribution in [0.15, 0.2) is 197 Å². The van der Waals surface area contributed by atoms with E-state index in [0.717, 1.165) is 98.6 Å². The molecule has 0 unspecified atom stereocenters. The van der Waals surface area contributed by atoms with Gasteiger partial charge in [-0.1, -0.05) is 152 Å². The van der Waals surface area contributed by atoms with E-state index in [4.69, 9.17) is 23.8 Å². The normalized spacial score (nSPS) is 12.0. The third kappa shape index (κ3) is 4.96. The highest BCUT2D eigenvalue weighted by Crippen LogP contribution is 2.42. The van der Waals surface area contributed by atoms with Crippen LogP contribution in [-0.4, -0.2) is 15.0 Å². The second-order valence-corrected chi connectivity index (χ2v) is 15.5. The molecule has 0 saturated heterocycles. The van der Waals surface area contributed by atoms with Crippen molar-refractivity contribution in [1.82, 2.24) is 15.0 Å². The average Bonchev–Trinajstić information content (AvgIpc) is 3.90. The Hall–Kier alpha value is -8.15. The Morgan fingerprint density at radius 2 is 0.767 bits per heavy atom. The number of nitrogens with zero attached hydrogens (tertiary/aromatic N) is 3. The number of hydrogen-bond donors (Lipinski definition) is 0. The molecule has 0 bridgehead atoms. The summed E-state index contributed by atoms with van der Waals surface area (Å²) in [4.78, 5) is 15.9. The molecule has 13 rings (SSSR count). The SMILES string of the molecule is c1ccc2c(c1)ccc1cc(-c3nc(-c4ccc5ccc6oc7ccccc7c6c5c4)nc(-c4cccc5c(-c6cccc7oc8ccccc8c67)cccc45)n3)ccc12. The van der Waals surface area contributed by atoms with Gasteiger partial charge < -0.3 is 8.83 Å². The largest absolute Gasteiger partial charge is 0.456 e. The van der Waals surface area contributed by atoms with Gasteiger partial charge in [0.15, 0.2) is 17.5 Å². The van der Waals surface area contributed by atoms with Gasteiger partial charge in [0, 0.05) is 38.2 Å². The molecule has 0 saturated carbocycles. The van der Waals surface area contributed by atoms with Crippen molar-refractivity contribution in [2.75, 3.05) is 0 Å². The Labute approximate surface area is 342 Å². The van der Waals surface area contributed by atoms with Gasteiger partial charge in [-0.25, -0.2) is 15.0 Å². The van der Waals surface area contributed by atoms with Gasteiger partial charge in [-0.15, -0.1) is 0 Å². The van der Waals surface area contributed by atoms with Crippen molar-refractivity contribution in [3.05, 3.63) is 188 Å².